The molecule has 1 aromatic rings. The first-order valence-corrected chi connectivity index (χ1v) is 6.64. The smallest absolute Gasteiger partial charge is 0.141 e. The largest absolute Gasteiger partial charge is 0.409 e. The standard InChI is InChI=1S/C14H21N3O2/c15-14(16-18)11-13(12-5-2-1-3-6-12)17-7-4-9-19-10-8-17/h1-3,5-6,13,18H,4,7-11H2,(H2,15,16). The third-order valence-electron chi connectivity index (χ3n) is 3.41. The molecule has 3 N–H and O–H groups in total. The van der Waals surface area contributed by atoms with Crippen LogP contribution in [0.5, 0.6) is 0 Å². The Morgan fingerprint density at radius 2 is 2.11 bits per heavy atom. The third-order valence-corrected chi connectivity index (χ3v) is 3.41. The van der Waals surface area contributed by atoms with Gasteiger partial charge in [-0.2, -0.15) is 0 Å². The van der Waals surface area contributed by atoms with Crippen LogP contribution in [0, 0.1) is 0 Å². The number of amidine groups is 1. The number of nitrogens with two attached hydrogens (primary N) is 1. The van der Waals surface area contributed by atoms with E-state index in [-0.39, 0.29) is 11.9 Å². The van der Waals surface area contributed by atoms with Gasteiger partial charge in [0.05, 0.1) is 6.61 Å². The summed E-state index contributed by atoms with van der Waals surface area (Å²) in [5.74, 6) is 0.263. The molecule has 2 rings (SSSR count). The average molecular weight is 263 g/mol. The minimum absolute atomic E-state index is 0.138. The van der Waals surface area contributed by atoms with Gasteiger partial charge < -0.3 is 15.7 Å². The van der Waals surface area contributed by atoms with Crippen molar-refractivity contribution in [1.29, 1.82) is 0 Å². The third kappa shape index (κ3) is 3.94. The molecule has 5 nitrogen and oxygen atoms in total. The second kappa shape index (κ2) is 7.11. The fraction of sp³-hybridized carbons (Fsp3) is 0.500. The molecule has 1 aliphatic rings. The van der Waals surface area contributed by atoms with Crippen LogP contribution in [0.1, 0.15) is 24.4 Å². The minimum atomic E-state index is 0.138. The van der Waals surface area contributed by atoms with E-state index in [2.05, 4.69) is 22.2 Å². The van der Waals surface area contributed by atoms with Gasteiger partial charge in [-0.25, -0.2) is 0 Å². The molecular weight excluding hydrogens is 242 g/mol. The Morgan fingerprint density at radius 1 is 1.32 bits per heavy atom. The highest BCUT2D eigenvalue weighted by molar-refractivity contribution is 5.80. The van der Waals surface area contributed by atoms with Crippen LogP contribution in [0.25, 0.3) is 0 Å². The van der Waals surface area contributed by atoms with Crippen LogP contribution in [0.4, 0.5) is 0 Å². The zero-order chi connectivity index (χ0) is 13.5. The van der Waals surface area contributed by atoms with Crippen molar-refractivity contribution in [2.24, 2.45) is 10.9 Å². The molecule has 0 aromatic heterocycles. The summed E-state index contributed by atoms with van der Waals surface area (Å²) >= 11 is 0. The number of benzene rings is 1. The summed E-state index contributed by atoms with van der Waals surface area (Å²) in [4.78, 5) is 2.35. The van der Waals surface area contributed by atoms with E-state index >= 15 is 0 Å². The van der Waals surface area contributed by atoms with Gasteiger partial charge in [0.1, 0.15) is 5.84 Å². The van der Waals surface area contributed by atoms with Crippen molar-refractivity contribution in [3.05, 3.63) is 35.9 Å². The molecule has 0 radical (unpaired) electrons. The highest BCUT2D eigenvalue weighted by Crippen LogP contribution is 2.25. The highest BCUT2D eigenvalue weighted by atomic mass is 16.5. The van der Waals surface area contributed by atoms with Crippen molar-refractivity contribution in [2.45, 2.75) is 18.9 Å². The summed E-state index contributed by atoms with van der Waals surface area (Å²) in [7, 11) is 0. The SMILES string of the molecule is NC(CC(c1ccccc1)N1CCCOCC1)=NO. The number of oxime groups is 1. The molecule has 0 bridgehead atoms. The predicted molar refractivity (Wildman–Crippen MR) is 74.2 cm³/mol. The molecule has 1 unspecified atom stereocenters. The fourth-order valence-electron chi connectivity index (χ4n) is 2.45. The van der Waals surface area contributed by atoms with Gasteiger partial charge in [-0.1, -0.05) is 35.5 Å². The van der Waals surface area contributed by atoms with E-state index in [9.17, 15) is 0 Å². The lowest BCUT2D eigenvalue weighted by molar-refractivity contribution is 0.132. The van der Waals surface area contributed by atoms with Gasteiger partial charge in [-0.15, -0.1) is 0 Å². The molecular formula is C14H21N3O2. The monoisotopic (exact) mass is 263 g/mol. The Morgan fingerprint density at radius 3 is 2.84 bits per heavy atom. The van der Waals surface area contributed by atoms with Gasteiger partial charge in [0.25, 0.3) is 0 Å². The van der Waals surface area contributed by atoms with Gasteiger partial charge in [0, 0.05) is 32.2 Å². The maximum atomic E-state index is 8.80. The molecule has 19 heavy (non-hydrogen) atoms. The summed E-state index contributed by atoms with van der Waals surface area (Å²) in [5, 5.41) is 11.9. The molecule has 104 valence electrons. The van der Waals surface area contributed by atoms with Crippen LogP contribution < -0.4 is 5.73 Å². The predicted octanol–water partition coefficient (Wildman–Crippen LogP) is 1.59. The number of nitrogens with zero attached hydrogens (tertiary/aromatic N) is 2. The number of hydrogen-bond donors (Lipinski definition) is 2. The van der Waals surface area contributed by atoms with Gasteiger partial charge in [0.2, 0.25) is 0 Å². The maximum Gasteiger partial charge on any atom is 0.141 e. The van der Waals surface area contributed by atoms with E-state index in [0.717, 1.165) is 32.7 Å². The fourth-order valence-corrected chi connectivity index (χ4v) is 2.45. The lowest BCUT2D eigenvalue weighted by atomic mass is 10.0. The molecule has 0 aliphatic carbocycles. The van der Waals surface area contributed by atoms with Crippen molar-refractivity contribution in [1.82, 2.24) is 4.90 Å². The summed E-state index contributed by atoms with van der Waals surface area (Å²) in [5.41, 5.74) is 6.89. The second-order valence-electron chi connectivity index (χ2n) is 4.72. The summed E-state index contributed by atoms with van der Waals surface area (Å²) in [6, 6.07) is 10.3. The summed E-state index contributed by atoms with van der Waals surface area (Å²) in [6.07, 6.45) is 1.54. The Kier molecular flexibility index (Phi) is 5.18. The van der Waals surface area contributed by atoms with Crippen molar-refractivity contribution in [3.8, 4) is 0 Å². The zero-order valence-electron chi connectivity index (χ0n) is 11.0. The first kappa shape index (κ1) is 13.8. The molecule has 0 saturated carbocycles. The molecule has 1 aromatic carbocycles. The molecule has 5 heteroatoms. The van der Waals surface area contributed by atoms with Crippen molar-refractivity contribution >= 4 is 5.84 Å². The maximum absolute atomic E-state index is 8.80. The normalized spacial score (nSPS) is 19.9. The number of ether oxygens (including phenoxy) is 1. The van der Waals surface area contributed by atoms with Gasteiger partial charge >= 0.3 is 0 Å². The molecule has 1 fully saturated rings. The van der Waals surface area contributed by atoms with E-state index in [0.29, 0.717) is 6.42 Å². The molecule has 1 heterocycles. The quantitative estimate of drug-likeness (QED) is 0.374. The highest BCUT2D eigenvalue weighted by Gasteiger charge is 2.22. The van der Waals surface area contributed by atoms with E-state index in [1.165, 1.54) is 5.56 Å². The van der Waals surface area contributed by atoms with Gasteiger partial charge in [-0.05, 0) is 12.0 Å². The number of hydrogen-bond acceptors (Lipinski definition) is 4. The van der Waals surface area contributed by atoms with Crippen LogP contribution in [0.3, 0.4) is 0 Å². The van der Waals surface area contributed by atoms with Gasteiger partial charge in [-0.3, -0.25) is 4.90 Å². The Hall–Kier alpha value is -1.59. The minimum Gasteiger partial charge on any atom is -0.409 e. The average Bonchev–Trinajstić information content (AvgIpc) is 2.74. The molecule has 0 spiro atoms. The first-order valence-electron chi connectivity index (χ1n) is 6.64. The lowest BCUT2D eigenvalue weighted by Gasteiger charge is -2.30. The van der Waals surface area contributed by atoms with Crippen molar-refractivity contribution < 1.29 is 9.94 Å². The first-order chi connectivity index (χ1) is 9.31. The topological polar surface area (TPSA) is 71.1 Å². The zero-order valence-corrected chi connectivity index (χ0v) is 11.0. The van der Waals surface area contributed by atoms with Crippen LogP contribution in [-0.2, 0) is 4.74 Å². The Bertz CT molecular complexity index is 400. The molecule has 0 amide bonds. The van der Waals surface area contributed by atoms with Crippen LogP contribution >= 0.6 is 0 Å². The van der Waals surface area contributed by atoms with Crippen LogP contribution in [0.2, 0.25) is 0 Å². The van der Waals surface area contributed by atoms with Crippen molar-refractivity contribution in [2.75, 3.05) is 26.3 Å². The Balaban J connectivity index is 2.17. The summed E-state index contributed by atoms with van der Waals surface area (Å²) < 4.78 is 5.49. The van der Waals surface area contributed by atoms with E-state index in [1.807, 2.05) is 18.2 Å². The molecule has 1 aliphatic heterocycles. The number of rotatable bonds is 4. The molecule has 1 saturated heterocycles. The van der Waals surface area contributed by atoms with Crippen LogP contribution in [0.15, 0.2) is 35.5 Å². The van der Waals surface area contributed by atoms with E-state index in [1.54, 1.807) is 0 Å². The molecule has 1 atom stereocenters. The van der Waals surface area contributed by atoms with Gasteiger partial charge in [0.15, 0.2) is 0 Å². The summed E-state index contributed by atoms with van der Waals surface area (Å²) in [6.45, 7) is 3.39. The Labute approximate surface area is 113 Å². The van der Waals surface area contributed by atoms with Crippen molar-refractivity contribution in [3.63, 3.8) is 0 Å². The van der Waals surface area contributed by atoms with E-state index < -0.39 is 0 Å². The van der Waals surface area contributed by atoms with E-state index in [4.69, 9.17) is 15.7 Å². The van der Waals surface area contributed by atoms with Crippen LogP contribution in [-0.4, -0.2) is 42.2 Å². The lowest BCUT2D eigenvalue weighted by Crippen LogP contribution is -2.34. The second-order valence-corrected chi connectivity index (χ2v) is 4.72.